The fraction of sp³-hybridized carbons (Fsp3) is 0.292. The molecule has 2 N–H and O–H groups in total. The molecule has 2 aromatic carbocycles. The summed E-state index contributed by atoms with van der Waals surface area (Å²) in [5.41, 5.74) is 2.64. The lowest BCUT2D eigenvalue weighted by Gasteiger charge is -2.18. The average molecular weight is 423 g/mol. The van der Waals surface area contributed by atoms with Crippen LogP contribution >= 0.6 is 0 Å². The first-order chi connectivity index (χ1) is 14.9. The minimum Gasteiger partial charge on any atom is -0.351 e. The van der Waals surface area contributed by atoms with Crippen LogP contribution in [0.5, 0.6) is 0 Å². The Morgan fingerprint density at radius 1 is 1.00 bits per heavy atom. The number of halogens is 1. The summed E-state index contributed by atoms with van der Waals surface area (Å²) < 4.78 is 13.7. The first kappa shape index (κ1) is 22.4. The van der Waals surface area contributed by atoms with Gasteiger partial charge in [0.05, 0.1) is 11.1 Å². The molecule has 162 valence electrons. The number of benzene rings is 2. The van der Waals surface area contributed by atoms with Crippen molar-refractivity contribution < 1.29 is 14.0 Å². The number of anilines is 1. The van der Waals surface area contributed by atoms with Gasteiger partial charge in [0.1, 0.15) is 5.82 Å². The highest BCUT2D eigenvalue weighted by Gasteiger charge is 2.14. The predicted molar refractivity (Wildman–Crippen MR) is 121 cm³/mol. The number of aromatic nitrogens is 1. The number of hydrogen-bond acceptors (Lipinski definition) is 4. The second-order valence-electron chi connectivity index (χ2n) is 7.29. The summed E-state index contributed by atoms with van der Waals surface area (Å²) in [6, 6.07) is 12.5. The second kappa shape index (κ2) is 10.1. The molecule has 0 spiro atoms. The lowest BCUT2D eigenvalue weighted by atomic mass is 10.1. The molecule has 0 bridgehead atoms. The van der Waals surface area contributed by atoms with Crippen molar-refractivity contribution in [3.05, 3.63) is 71.2 Å². The highest BCUT2D eigenvalue weighted by atomic mass is 19.1. The topological polar surface area (TPSA) is 74.3 Å². The van der Waals surface area contributed by atoms with Gasteiger partial charge in [-0.1, -0.05) is 13.8 Å². The van der Waals surface area contributed by atoms with E-state index in [9.17, 15) is 14.0 Å². The molecule has 0 atom stereocenters. The Morgan fingerprint density at radius 3 is 2.39 bits per heavy atom. The van der Waals surface area contributed by atoms with Gasteiger partial charge in [-0.05, 0) is 68.5 Å². The van der Waals surface area contributed by atoms with Crippen LogP contribution in [0.4, 0.5) is 10.1 Å². The highest BCUT2D eigenvalue weighted by molar-refractivity contribution is 6.12. The second-order valence-corrected chi connectivity index (χ2v) is 7.29. The summed E-state index contributed by atoms with van der Waals surface area (Å²) in [4.78, 5) is 31.7. The number of fused-ring (bicyclic) bond motifs is 1. The van der Waals surface area contributed by atoms with E-state index in [2.05, 4.69) is 34.4 Å². The number of pyridine rings is 1. The molecule has 0 aliphatic carbocycles. The van der Waals surface area contributed by atoms with Crippen LogP contribution in [0.2, 0.25) is 0 Å². The quantitative estimate of drug-likeness (QED) is 0.575. The number of hydrogen-bond donors (Lipinski definition) is 2. The van der Waals surface area contributed by atoms with E-state index >= 15 is 0 Å². The molecule has 2 amide bonds. The lowest BCUT2D eigenvalue weighted by molar-refractivity contribution is 0.0948. The van der Waals surface area contributed by atoms with Crippen molar-refractivity contribution in [3.8, 4) is 0 Å². The first-order valence-corrected chi connectivity index (χ1v) is 10.4. The molecule has 0 fully saturated rings. The van der Waals surface area contributed by atoms with Gasteiger partial charge in [-0.2, -0.15) is 0 Å². The molecule has 1 aromatic heterocycles. The van der Waals surface area contributed by atoms with Crippen LogP contribution in [0.15, 0.2) is 48.5 Å². The fourth-order valence-electron chi connectivity index (χ4n) is 3.39. The van der Waals surface area contributed by atoms with Crippen LogP contribution < -0.4 is 10.6 Å². The lowest BCUT2D eigenvalue weighted by Crippen LogP contribution is -2.34. The standard InChI is InChI=1S/C24H27FN4O2/c1-4-29(5-2)13-12-26-23(30)17-6-9-19(10-7-17)28-24(31)21-14-16(3)27-22-11-8-18(25)15-20(21)22/h6-11,14-15H,4-5,12-13H2,1-3H3,(H,26,30)(H,28,31). The molecule has 0 saturated carbocycles. The number of likely N-dealkylation sites (N-methyl/N-ethyl adjacent to an activating group) is 1. The van der Waals surface area contributed by atoms with Crippen molar-refractivity contribution in [1.29, 1.82) is 0 Å². The minimum absolute atomic E-state index is 0.156. The van der Waals surface area contributed by atoms with Crippen LogP contribution in [0, 0.1) is 12.7 Å². The monoisotopic (exact) mass is 422 g/mol. The minimum atomic E-state index is -0.427. The van der Waals surface area contributed by atoms with Gasteiger partial charge in [0.15, 0.2) is 0 Å². The largest absolute Gasteiger partial charge is 0.351 e. The average Bonchev–Trinajstić information content (AvgIpc) is 2.76. The van der Waals surface area contributed by atoms with Crippen LogP contribution in [-0.2, 0) is 0 Å². The van der Waals surface area contributed by atoms with Crippen LogP contribution in [0.3, 0.4) is 0 Å². The summed E-state index contributed by atoms with van der Waals surface area (Å²) in [6.45, 7) is 9.22. The first-order valence-electron chi connectivity index (χ1n) is 10.4. The van der Waals surface area contributed by atoms with E-state index in [0.29, 0.717) is 40.0 Å². The molecule has 0 saturated heterocycles. The van der Waals surface area contributed by atoms with Gasteiger partial charge in [-0.3, -0.25) is 14.6 Å². The molecule has 31 heavy (non-hydrogen) atoms. The zero-order chi connectivity index (χ0) is 22.4. The molecular weight excluding hydrogens is 395 g/mol. The van der Waals surface area contributed by atoms with Gasteiger partial charge in [-0.25, -0.2) is 4.39 Å². The number of carbonyl (C=O) groups is 2. The van der Waals surface area contributed by atoms with E-state index in [1.807, 2.05) is 0 Å². The molecule has 6 nitrogen and oxygen atoms in total. The van der Waals surface area contributed by atoms with Gasteiger partial charge < -0.3 is 15.5 Å². The maximum Gasteiger partial charge on any atom is 0.256 e. The molecule has 0 unspecified atom stereocenters. The molecule has 7 heteroatoms. The Bertz CT molecular complexity index is 1080. The smallest absolute Gasteiger partial charge is 0.256 e. The van der Waals surface area contributed by atoms with Gasteiger partial charge in [-0.15, -0.1) is 0 Å². The van der Waals surface area contributed by atoms with E-state index in [1.165, 1.54) is 12.1 Å². The van der Waals surface area contributed by atoms with Gasteiger partial charge in [0.2, 0.25) is 0 Å². The van der Waals surface area contributed by atoms with E-state index in [4.69, 9.17) is 0 Å². The highest BCUT2D eigenvalue weighted by Crippen LogP contribution is 2.21. The number of amides is 2. The number of carbonyl (C=O) groups excluding carboxylic acids is 2. The van der Waals surface area contributed by atoms with Crippen LogP contribution in [0.25, 0.3) is 10.9 Å². The number of nitrogens with zero attached hydrogens (tertiary/aromatic N) is 2. The molecule has 0 aliphatic heterocycles. The summed E-state index contributed by atoms with van der Waals surface area (Å²) >= 11 is 0. The Hall–Kier alpha value is -3.32. The summed E-state index contributed by atoms with van der Waals surface area (Å²) in [5.74, 6) is -0.947. The normalized spacial score (nSPS) is 11.0. The Kier molecular flexibility index (Phi) is 7.31. The van der Waals surface area contributed by atoms with E-state index in [1.54, 1.807) is 43.3 Å². The van der Waals surface area contributed by atoms with Crippen LogP contribution in [-0.4, -0.2) is 47.9 Å². The zero-order valence-corrected chi connectivity index (χ0v) is 18.0. The fourth-order valence-corrected chi connectivity index (χ4v) is 3.39. The number of nitrogens with one attached hydrogen (secondary N) is 2. The van der Waals surface area contributed by atoms with Gasteiger partial charge >= 0.3 is 0 Å². The van der Waals surface area contributed by atoms with Gasteiger partial charge in [0, 0.05) is 35.4 Å². The van der Waals surface area contributed by atoms with Gasteiger partial charge in [0.25, 0.3) is 11.8 Å². The summed E-state index contributed by atoms with van der Waals surface area (Å²) in [6.07, 6.45) is 0. The molecule has 3 rings (SSSR count). The Morgan fingerprint density at radius 2 is 1.71 bits per heavy atom. The van der Waals surface area contributed by atoms with Crippen molar-refractivity contribution in [2.45, 2.75) is 20.8 Å². The zero-order valence-electron chi connectivity index (χ0n) is 18.0. The summed E-state index contributed by atoms with van der Waals surface area (Å²) in [7, 11) is 0. The van der Waals surface area contributed by atoms with Crippen molar-refractivity contribution >= 4 is 28.4 Å². The maximum atomic E-state index is 13.7. The third kappa shape index (κ3) is 5.64. The molecular formula is C24H27FN4O2. The number of rotatable bonds is 8. The Labute approximate surface area is 181 Å². The third-order valence-electron chi connectivity index (χ3n) is 5.16. The molecule has 3 aromatic rings. The van der Waals surface area contributed by atoms with E-state index < -0.39 is 5.82 Å². The summed E-state index contributed by atoms with van der Waals surface area (Å²) in [5, 5.41) is 6.17. The SMILES string of the molecule is CCN(CC)CCNC(=O)c1ccc(NC(=O)c2cc(C)nc3ccc(F)cc23)cc1. The van der Waals surface area contributed by atoms with Crippen molar-refractivity contribution in [2.75, 3.05) is 31.5 Å². The van der Waals surface area contributed by atoms with Crippen LogP contribution in [0.1, 0.15) is 40.3 Å². The van der Waals surface area contributed by atoms with Crippen molar-refractivity contribution in [3.63, 3.8) is 0 Å². The predicted octanol–water partition coefficient (Wildman–Crippen LogP) is 4.01. The molecule has 1 heterocycles. The molecule has 0 aliphatic rings. The van der Waals surface area contributed by atoms with Crippen molar-refractivity contribution in [2.24, 2.45) is 0 Å². The van der Waals surface area contributed by atoms with E-state index in [0.717, 1.165) is 19.6 Å². The number of aryl methyl sites for hydroxylation is 1. The van der Waals surface area contributed by atoms with E-state index in [-0.39, 0.29) is 11.8 Å². The van der Waals surface area contributed by atoms with Crippen molar-refractivity contribution in [1.82, 2.24) is 15.2 Å². The Balaban J connectivity index is 1.67. The molecule has 0 radical (unpaired) electrons. The third-order valence-corrected chi connectivity index (χ3v) is 5.16. The maximum absolute atomic E-state index is 13.7.